The van der Waals surface area contributed by atoms with Crippen LogP contribution in [0.4, 0.5) is 0 Å². The third-order valence-corrected chi connectivity index (χ3v) is 5.80. The van der Waals surface area contributed by atoms with Gasteiger partial charge in [-0.25, -0.2) is 0 Å². The molecule has 2 N–H and O–H groups in total. The van der Waals surface area contributed by atoms with Crippen LogP contribution in [0.25, 0.3) is 0 Å². The molecule has 1 saturated heterocycles. The molecule has 0 aliphatic carbocycles. The first-order valence-corrected chi connectivity index (χ1v) is 11.3. The molecule has 1 fully saturated rings. The van der Waals surface area contributed by atoms with Crippen LogP contribution in [0.2, 0.25) is 0 Å². The van der Waals surface area contributed by atoms with Gasteiger partial charge in [-0.3, -0.25) is 18.9 Å². The number of hydrogen-bond acceptors (Lipinski definition) is 4. The Balaban J connectivity index is 0.00000420. The summed E-state index contributed by atoms with van der Waals surface area (Å²) in [4.78, 5) is 20.6. The molecule has 1 aliphatic heterocycles. The lowest BCUT2D eigenvalue weighted by Crippen LogP contribution is -2.54. The molecule has 0 aromatic heterocycles. The van der Waals surface area contributed by atoms with E-state index in [1.54, 1.807) is 7.05 Å². The van der Waals surface area contributed by atoms with Crippen LogP contribution >= 0.6 is 24.0 Å². The third-order valence-electron chi connectivity index (χ3n) is 4.48. The molecule has 2 rings (SSSR count). The highest BCUT2D eigenvalue weighted by molar-refractivity contribution is 14.0. The first-order chi connectivity index (χ1) is 13.5. The molecule has 0 saturated carbocycles. The molecule has 0 radical (unpaired) electrons. The number of carbonyl (C=O) groups excluding carboxylic acids is 1. The van der Waals surface area contributed by atoms with Crippen LogP contribution in [0.5, 0.6) is 0 Å². The molecule has 7 nitrogen and oxygen atoms in total. The molecule has 1 aromatic carbocycles. The Bertz CT molecular complexity index is 664. The van der Waals surface area contributed by atoms with Gasteiger partial charge in [-0.15, -0.1) is 24.0 Å². The molecule has 0 spiro atoms. The Morgan fingerprint density at radius 3 is 2.41 bits per heavy atom. The summed E-state index contributed by atoms with van der Waals surface area (Å²) in [5.74, 6) is 2.08. The van der Waals surface area contributed by atoms with E-state index in [1.807, 2.05) is 44.2 Å². The van der Waals surface area contributed by atoms with Gasteiger partial charge in [-0.05, 0) is 19.4 Å². The highest BCUT2D eigenvalue weighted by Gasteiger charge is 2.21. The van der Waals surface area contributed by atoms with Crippen molar-refractivity contribution in [1.82, 2.24) is 20.4 Å². The summed E-state index contributed by atoms with van der Waals surface area (Å²) in [5.41, 5.74) is 1.10. The predicted molar refractivity (Wildman–Crippen MR) is 131 cm³/mol. The fraction of sp³-hybridized carbons (Fsp3) is 0.600. The van der Waals surface area contributed by atoms with Gasteiger partial charge in [0, 0.05) is 68.1 Å². The largest absolute Gasteiger partial charge is 0.355 e. The van der Waals surface area contributed by atoms with Crippen LogP contribution in [0.1, 0.15) is 19.4 Å². The summed E-state index contributed by atoms with van der Waals surface area (Å²) in [7, 11) is 0.869. The lowest BCUT2D eigenvalue weighted by Gasteiger charge is -2.36. The van der Waals surface area contributed by atoms with E-state index in [1.165, 1.54) is 0 Å². The highest BCUT2D eigenvalue weighted by atomic mass is 127. The summed E-state index contributed by atoms with van der Waals surface area (Å²) in [6, 6.07) is 10.1. The van der Waals surface area contributed by atoms with Crippen LogP contribution in [0.15, 0.2) is 35.3 Å². The van der Waals surface area contributed by atoms with Crippen molar-refractivity contribution in [2.75, 3.05) is 52.1 Å². The molecule has 164 valence electrons. The number of guanidine groups is 1. The number of carbonyl (C=O) groups is 1. The quantitative estimate of drug-likeness (QED) is 0.298. The summed E-state index contributed by atoms with van der Waals surface area (Å²) in [6.45, 7) is 8.30. The fourth-order valence-electron chi connectivity index (χ4n) is 3.13. The maximum atomic E-state index is 12.3. The van der Waals surface area contributed by atoms with Gasteiger partial charge in [0.1, 0.15) is 0 Å². The first kappa shape index (κ1) is 25.8. The zero-order chi connectivity index (χ0) is 20.4. The minimum Gasteiger partial charge on any atom is -0.355 e. The second-order valence-electron chi connectivity index (χ2n) is 7.23. The van der Waals surface area contributed by atoms with Gasteiger partial charge in [-0.2, -0.15) is 0 Å². The molecule has 1 atom stereocenters. The summed E-state index contributed by atoms with van der Waals surface area (Å²) in [5, 5.41) is 6.25. The molecule has 1 unspecified atom stereocenters. The summed E-state index contributed by atoms with van der Waals surface area (Å²) >= 11 is 0. The first-order valence-electron chi connectivity index (χ1n) is 9.84. The molecule has 1 aliphatic rings. The van der Waals surface area contributed by atoms with Gasteiger partial charge < -0.3 is 15.5 Å². The number of hydrogen-bond donors (Lipinski definition) is 2. The van der Waals surface area contributed by atoms with Crippen molar-refractivity contribution in [1.29, 1.82) is 0 Å². The normalized spacial score (nSPS) is 16.3. The number of amides is 1. The number of nitrogens with one attached hydrogen (secondary N) is 2. The van der Waals surface area contributed by atoms with Gasteiger partial charge in [0.05, 0.1) is 6.54 Å². The number of nitrogens with zero attached hydrogens (tertiary/aromatic N) is 3. The minimum atomic E-state index is -0.901. The van der Waals surface area contributed by atoms with E-state index in [9.17, 15) is 9.00 Å². The second kappa shape index (κ2) is 13.9. The van der Waals surface area contributed by atoms with E-state index in [4.69, 9.17) is 0 Å². The second-order valence-corrected chi connectivity index (χ2v) is 8.81. The van der Waals surface area contributed by atoms with E-state index in [0.29, 0.717) is 24.6 Å². The van der Waals surface area contributed by atoms with Gasteiger partial charge in [0.25, 0.3) is 0 Å². The molecule has 1 aromatic rings. The van der Waals surface area contributed by atoms with E-state index in [-0.39, 0.29) is 35.9 Å². The molecule has 1 heterocycles. The van der Waals surface area contributed by atoms with Crippen molar-refractivity contribution in [3.8, 4) is 0 Å². The number of piperazine rings is 1. The summed E-state index contributed by atoms with van der Waals surface area (Å²) in [6.07, 6.45) is 0. The maximum Gasteiger partial charge on any atom is 0.234 e. The van der Waals surface area contributed by atoms with Gasteiger partial charge >= 0.3 is 0 Å². The molecule has 0 bridgehead atoms. The van der Waals surface area contributed by atoms with Crippen molar-refractivity contribution in [2.45, 2.75) is 25.6 Å². The fourth-order valence-corrected chi connectivity index (χ4v) is 4.17. The molecule has 29 heavy (non-hydrogen) atoms. The summed E-state index contributed by atoms with van der Waals surface area (Å²) < 4.78 is 12.3. The van der Waals surface area contributed by atoms with Crippen molar-refractivity contribution in [2.24, 2.45) is 4.99 Å². The monoisotopic (exact) mass is 535 g/mol. The van der Waals surface area contributed by atoms with E-state index < -0.39 is 10.8 Å². The van der Waals surface area contributed by atoms with Crippen LogP contribution in [0.3, 0.4) is 0 Å². The minimum absolute atomic E-state index is 0. The Kier molecular flexibility index (Phi) is 12.4. The molecular weight excluding hydrogens is 501 g/mol. The highest BCUT2D eigenvalue weighted by Crippen LogP contribution is 2.04. The maximum absolute atomic E-state index is 12.3. The van der Waals surface area contributed by atoms with Crippen molar-refractivity contribution in [3.05, 3.63) is 35.9 Å². The van der Waals surface area contributed by atoms with E-state index >= 15 is 0 Å². The molecule has 1 amide bonds. The molecule has 9 heteroatoms. The third kappa shape index (κ3) is 9.90. The van der Waals surface area contributed by atoms with Gasteiger partial charge in [-0.1, -0.05) is 30.3 Å². The number of benzene rings is 1. The van der Waals surface area contributed by atoms with Gasteiger partial charge in [0.2, 0.25) is 5.91 Å². The van der Waals surface area contributed by atoms with Crippen LogP contribution in [-0.2, 0) is 21.3 Å². The smallest absolute Gasteiger partial charge is 0.234 e. The van der Waals surface area contributed by atoms with Gasteiger partial charge in [0.15, 0.2) is 5.96 Å². The van der Waals surface area contributed by atoms with Crippen molar-refractivity contribution >= 4 is 46.6 Å². The number of halogens is 1. The average molecular weight is 535 g/mol. The average Bonchev–Trinajstić information content (AvgIpc) is 2.66. The van der Waals surface area contributed by atoms with Crippen LogP contribution in [0, 0.1) is 0 Å². The van der Waals surface area contributed by atoms with Crippen molar-refractivity contribution < 1.29 is 9.00 Å². The zero-order valence-corrected chi connectivity index (χ0v) is 20.7. The standard InChI is InChI=1S/C20H33N5O2S.HI/c1-17(2)23-19(26)15-24-10-12-25(13-11-24)20(21-3)22-9-14-28(27)16-18-7-5-4-6-8-18;/h4-8,17H,9-16H2,1-3H3,(H,21,22)(H,23,26);1H. The molecular formula is C20H34IN5O2S. The van der Waals surface area contributed by atoms with E-state index in [0.717, 1.165) is 37.7 Å². The Morgan fingerprint density at radius 2 is 1.83 bits per heavy atom. The lowest BCUT2D eigenvalue weighted by molar-refractivity contribution is -0.123. The number of rotatable bonds is 8. The Morgan fingerprint density at radius 1 is 1.17 bits per heavy atom. The van der Waals surface area contributed by atoms with Crippen LogP contribution in [-0.4, -0.2) is 84.0 Å². The lowest BCUT2D eigenvalue weighted by atomic mass is 10.2. The van der Waals surface area contributed by atoms with E-state index in [2.05, 4.69) is 25.4 Å². The predicted octanol–water partition coefficient (Wildman–Crippen LogP) is 1.27. The Hall–Kier alpha value is -1.20. The SMILES string of the molecule is CN=C(NCCS(=O)Cc1ccccc1)N1CCN(CC(=O)NC(C)C)CC1.I. The topological polar surface area (TPSA) is 77.0 Å². The number of aliphatic imine (C=N–C) groups is 1. The van der Waals surface area contributed by atoms with Crippen LogP contribution < -0.4 is 10.6 Å². The zero-order valence-electron chi connectivity index (χ0n) is 17.6. The van der Waals surface area contributed by atoms with Crippen molar-refractivity contribution in [3.63, 3.8) is 0 Å². The Labute approximate surface area is 194 Å².